The largest absolute Gasteiger partial charge is 0.390 e. The molecule has 4 bridgehead atoms. The standard InChI is InChI=1S/C26H29N7O3/c27-12-14-2-5-33(6-3-14)25(34)23-31-24(36-32-23)19-13-29-22-18(1-4-28-22)21(19)30-20-16-7-15-8-17(20)11-26(35,9-15)10-16/h1,4,13-17,20,35H,2-3,5-11H2,(H2,28,29,30). The number of rotatable bonds is 4. The molecule has 5 fully saturated rings. The quantitative estimate of drug-likeness (QED) is 0.508. The highest BCUT2D eigenvalue weighted by atomic mass is 16.5. The number of piperidine rings is 1. The first-order valence-corrected chi connectivity index (χ1v) is 13.0. The van der Waals surface area contributed by atoms with Crippen LogP contribution in [-0.4, -0.2) is 60.8 Å². The van der Waals surface area contributed by atoms with Crippen molar-refractivity contribution < 1.29 is 14.4 Å². The lowest BCUT2D eigenvalue weighted by Crippen LogP contribution is -2.59. The van der Waals surface area contributed by atoms with Crippen molar-refractivity contribution in [2.75, 3.05) is 18.4 Å². The van der Waals surface area contributed by atoms with Crippen molar-refractivity contribution in [1.82, 2.24) is 25.0 Å². The van der Waals surface area contributed by atoms with Crippen LogP contribution in [0.3, 0.4) is 0 Å². The van der Waals surface area contributed by atoms with Crippen LogP contribution in [-0.2, 0) is 0 Å². The Kier molecular flexibility index (Phi) is 4.86. The van der Waals surface area contributed by atoms with Crippen LogP contribution in [0.1, 0.15) is 55.6 Å². The molecular weight excluding hydrogens is 458 g/mol. The summed E-state index contributed by atoms with van der Waals surface area (Å²) in [7, 11) is 0. The molecule has 1 saturated heterocycles. The topological polar surface area (TPSA) is 144 Å². The number of aromatic amines is 1. The van der Waals surface area contributed by atoms with Crippen LogP contribution in [0.25, 0.3) is 22.5 Å². The van der Waals surface area contributed by atoms with Gasteiger partial charge >= 0.3 is 0 Å². The Morgan fingerprint density at radius 3 is 2.75 bits per heavy atom. The van der Waals surface area contributed by atoms with E-state index >= 15 is 0 Å². The van der Waals surface area contributed by atoms with Crippen LogP contribution < -0.4 is 5.32 Å². The summed E-state index contributed by atoms with van der Waals surface area (Å²) >= 11 is 0. The second kappa shape index (κ2) is 8.03. The third kappa shape index (κ3) is 3.48. The van der Waals surface area contributed by atoms with Crippen LogP contribution in [0.4, 0.5) is 5.69 Å². The van der Waals surface area contributed by atoms with Crippen molar-refractivity contribution >= 4 is 22.6 Å². The molecule has 2 atom stereocenters. The second-order valence-electron chi connectivity index (χ2n) is 11.3. The highest BCUT2D eigenvalue weighted by Crippen LogP contribution is 2.56. The van der Waals surface area contributed by atoms with Crippen LogP contribution >= 0.6 is 0 Å². The van der Waals surface area contributed by atoms with Gasteiger partial charge in [-0.3, -0.25) is 4.79 Å². The summed E-state index contributed by atoms with van der Waals surface area (Å²) in [6.45, 7) is 1.03. The summed E-state index contributed by atoms with van der Waals surface area (Å²) in [5.41, 5.74) is 1.82. The fraction of sp³-hybridized carbons (Fsp3) is 0.577. The van der Waals surface area contributed by atoms with Crippen molar-refractivity contribution in [2.45, 2.75) is 56.6 Å². The number of H-pyrrole nitrogens is 1. The van der Waals surface area contributed by atoms with E-state index in [1.54, 1.807) is 11.1 Å². The van der Waals surface area contributed by atoms with E-state index < -0.39 is 5.60 Å². The number of anilines is 1. The number of hydrogen-bond donors (Lipinski definition) is 3. The van der Waals surface area contributed by atoms with E-state index in [9.17, 15) is 9.90 Å². The molecule has 186 valence electrons. The maximum Gasteiger partial charge on any atom is 0.295 e. The van der Waals surface area contributed by atoms with E-state index in [1.165, 1.54) is 0 Å². The number of likely N-dealkylation sites (tertiary alicyclic amines) is 1. The lowest BCUT2D eigenvalue weighted by molar-refractivity contribution is -0.129. The number of nitrogens with zero attached hydrogens (tertiary/aromatic N) is 5. The molecule has 3 aromatic heterocycles. The van der Waals surface area contributed by atoms with E-state index in [1.807, 2.05) is 12.3 Å². The molecule has 36 heavy (non-hydrogen) atoms. The molecular formula is C26H29N7O3. The average molecular weight is 488 g/mol. The van der Waals surface area contributed by atoms with Gasteiger partial charge < -0.3 is 24.8 Å². The number of pyridine rings is 1. The monoisotopic (exact) mass is 487 g/mol. The molecule has 4 aliphatic carbocycles. The summed E-state index contributed by atoms with van der Waals surface area (Å²) in [4.78, 5) is 26.9. The van der Waals surface area contributed by atoms with Gasteiger partial charge in [-0.25, -0.2) is 4.98 Å². The zero-order chi connectivity index (χ0) is 24.4. The summed E-state index contributed by atoms with van der Waals surface area (Å²) in [5, 5.41) is 28.9. The van der Waals surface area contributed by atoms with Crippen LogP contribution in [0.5, 0.6) is 0 Å². The molecule has 4 saturated carbocycles. The van der Waals surface area contributed by atoms with Gasteiger partial charge in [-0.15, -0.1) is 0 Å². The Bertz CT molecular complexity index is 1350. The molecule has 0 spiro atoms. The number of hydrogen-bond acceptors (Lipinski definition) is 8. The molecule has 1 amide bonds. The number of aliphatic hydroxyl groups is 1. The van der Waals surface area contributed by atoms with E-state index in [4.69, 9.17) is 9.78 Å². The minimum absolute atomic E-state index is 0.00597. The van der Waals surface area contributed by atoms with Gasteiger partial charge in [0.15, 0.2) is 0 Å². The molecule has 10 nitrogen and oxygen atoms in total. The van der Waals surface area contributed by atoms with Crippen LogP contribution in [0.15, 0.2) is 23.0 Å². The van der Waals surface area contributed by atoms with Crippen molar-refractivity contribution in [3.05, 3.63) is 24.3 Å². The molecule has 5 aliphatic rings. The molecule has 4 heterocycles. The van der Waals surface area contributed by atoms with Gasteiger partial charge in [-0.05, 0) is 68.8 Å². The molecule has 1 aliphatic heterocycles. The Morgan fingerprint density at radius 2 is 2.03 bits per heavy atom. The van der Waals surface area contributed by atoms with E-state index in [0.29, 0.717) is 49.2 Å². The maximum atomic E-state index is 13.0. The fourth-order valence-corrected chi connectivity index (χ4v) is 7.48. The first-order chi connectivity index (χ1) is 17.5. The third-order valence-corrected chi connectivity index (χ3v) is 8.95. The van der Waals surface area contributed by atoms with Gasteiger partial charge in [0.25, 0.3) is 17.6 Å². The van der Waals surface area contributed by atoms with Crippen LogP contribution in [0, 0.1) is 35.0 Å². The van der Waals surface area contributed by atoms with Crippen molar-refractivity contribution in [2.24, 2.45) is 23.7 Å². The lowest BCUT2D eigenvalue weighted by Gasteiger charge is -2.58. The molecule has 3 aromatic rings. The normalized spacial score (nSPS) is 31.6. The summed E-state index contributed by atoms with van der Waals surface area (Å²) < 4.78 is 5.60. The van der Waals surface area contributed by atoms with E-state index in [-0.39, 0.29) is 29.6 Å². The molecule has 2 unspecified atom stereocenters. The zero-order valence-corrected chi connectivity index (χ0v) is 20.0. The first-order valence-electron chi connectivity index (χ1n) is 13.0. The molecule has 0 aromatic carbocycles. The maximum absolute atomic E-state index is 13.0. The lowest BCUT2D eigenvalue weighted by atomic mass is 9.52. The number of nitrogens with one attached hydrogen (secondary N) is 2. The molecule has 3 N–H and O–H groups in total. The van der Waals surface area contributed by atoms with E-state index in [0.717, 1.165) is 48.8 Å². The predicted octanol–water partition coefficient (Wildman–Crippen LogP) is 3.34. The Balaban J connectivity index is 1.19. The summed E-state index contributed by atoms with van der Waals surface area (Å²) in [5.74, 6) is 1.47. The molecule has 0 radical (unpaired) electrons. The van der Waals surface area contributed by atoms with Crippen molar-refractivity contribution in [3.63, 3.8) is 0 Å². The van der Waals surface area contributed by atoms with Gasteiger partial charge in [-0.1, -0.05) is 5.16 Å². The number of fused-ring (bicyclic) bond motifs is 1. The fourth-order valence-electron chi connectivity index (χ4n) is 7.48. The Morgan fingerprint density at radius 1 is 1.25 bits per heavy atom. The van der Waals surface area contributed by atoms with Gasteiger partial charge in [-0.2, -0.15) is 10.2 Å². The number of nitriles is 1. The van der Waals surface area contributed by atoms with Crippen molar-refractivity contribution in [3.8, 4) is 17.5 Å². The molecule has 8 rings (SSSR count). The predicted molar refractivity (Wildman–Crippen MR) is 130 cm³/mol. The van der Waals surface area contributed by atoms with Gasteiger partial charge in [0.1, 0.15) is 5.65 Å². The smallest absolute Gasteiger partial charge is 0.295 e. The Labute approximate surface area is 208 Å². The first kappa shape index (κ1) is 21.8. The van der Waals surface area contributed by atoms with Crippen molar-refractivity contribution in [1.29, 1.82) is 5.26 Å². The summed E-state index contributed by atoms with van der Waals surface area (Å²) in [6.07, 6.45) is 9.83. The summed E-state index contributed by atoms with van der Waals surface area (Å²) in [6, 6.07) is 4.53. The third-order valence-electron chi connectivity index (χ3n) is 8.95. The average Bonchev–Trinajstić information content (AvgIpc) is 3.55. The van der Waals surface area contributed by atoms with Crippen LogP contribution in [0.2, 0.25) is 0 Å². The number of carbonyl (C=O) groups is 1. The van der Waals surface area contributed by atoms with E-state index in [2.05, 4.69) is 31.5 Å². The number of carbonyl (C=O) groups excluding carboxylic acids is 1. The van der Waals surface area contributed by atoms with Gasteiger partial charge in [0.2, 0.25) is 0 Å². The van der Waals surface area contributed by atoms with Gasteiger partial charge in [0, 0.05) is 42.8 Å². The highest BCUT2D eigenvalue weighted by molar-refractivity contribution is 5.97. The minimum Gasteiger partial charge on any atom is -0.390 e. The SMILES string of the molecule is N#CC1CCN(C(=O)c2noc(-c3cnc4[nH]ccc4c3NC3C4CC5CC3CC(O)(C5)C4)n2)CC1. The number of aromatic nitrogens is 4. The number of amides is 1. The molecule has 10 heteroatoms. The van der Waals surface area contributed by atoms with Gasteiger partial charge in [0.05, 0.1) is 22.9 Å². The zero-order valence-electron chi connectivity index (χ0n) is 20.0. The highest BCUT2D eigenvalue weighted by Gasteiger charge is 2.54. The Hall–Kier alpha value is -3.45. The second-order valence-corrected chi connectivity index (χ2v) is 11.3. The minimum atomic E-state index is -0.497.